The molecule has 2 N–H and O–H groups in total. The number of ether oxygens (including phenoxy) is 1. The SMILES string of the molecule is Cc1c(C(=O)NC2(C(=O)O)CCOC2)oc2c(C)cccc12. The van der Waals surface area contributed by atoms with E-state index in [2.05, 4.69) is 5.32 Å². The first kappa shape index (κ1) is 14.6. The summed E-state index contributed by atoms with van der Waals surface area (Å²) in [7, 11) is 0. The van der Waals surface area contributed by atoms with E-state index in [4.69, 9.17) is 9.15 Å². The Bertz CT molecular complexity index is 755. The van der Waals surface area contributed by atoms with Crippen molar-refractivity contribution in [2.75, 3.05) is 13.2 Å². The summed E-state index contributed by atoms with van der Waals surface area (Å²) in [5.74, 6) is -1.47. The van der Waals surface area contributed by atoms with Crippen LogP contribution >= 0.6 is 0 Å². The number of aryl methyl sites for hydroxylation is 2. The van der Waals surface area contributed by atoms with Gasteiger partial charge in [-0.15, -0.1) is 0 Å². The summed E-state index contributed by atoms with van der Waals surface area (Å²) in [6.07, 6.45) is 0.242. The molecule has 6 heteroatoms. The van der Waals surface area contributed by atoms with Crippen molar-refractivity contribution < 1.29 is 23.8 Å². The first-order chi connectivity index (χ1) is 10.4. The lowest BCUT2D eigenvalue weighted by Gasteiger charge is -2.23. The topological polar surface area (TPSA) is 88.8 Å². The number of amides is 1. The molecule has 0 saturated carbocycles. The van der Waals surface area contributed by atoms with Crippen LogP contribution in [-0.4, -0.2) is 35.7 Å². The zero-order valence-corrected chi connectivity index (χ0v) is 12.4. The monoisotopic (exact) mass is 303 g/mol. The van der Waals surface area contributed by atoms with E-state index in [1.165, 1.54) is 0 Å². The highest BCUT2D eigenvalue weighted by Crippen LogP contribution is 2.28. The first-order valence-electron chi connectivity index (χ1n) is 7.07. The van der Waals surface area contributed by atoms with Crippen molar-refractivity contribution in [2.45, 2.75) is 25.8 Å². The maximum absolute atomic E-state index is 12.5. The summed E-state index contributed by atoms with van der Waals surface area (Å²) in [5, 5.41) is 12.8. The minimum absolute atomic E-state index is 0.0353. The molecule has 1 aliphatic rings. The normalized spacial score (nSPS) is 21.2. The van der Waals surface area contributed by atoms with E-state index < -0.39 is 17.4 Å². The Labute approximate surface area is 127 Å². The number of carbonyl (C=O) groups excluding carboxylic acids is 1. The lowest BCUT2D eigenvalue weighted by Crippen LogP contribution is -2.55. The average Bonchev–Trinajstić information content (AvgIpc) is 3.06. The highest BCUT2D eigenvalue weighted by Gasteiger charge is 2.44. The molecule has 2 heterocycles. The molecule has 0 aliphatic carbocycles. The van der Waals surface area contributed by atoms with Gasteiger partial charge in [0.05, 0.1) is 6.61 Å². The molecule has 1 aliphatic heterocycles. The van der Waals surface area contributed by atoms with Gasteiger partial charge in [0.2, 0.25) is 0 Å². The fourth-order valence-electron chi connectivity index (χ4n) is 2.76. The Balaban J connectivity index is 1.97. The van der Waals surface area contributed by atoms with Gasteiger partial charge in [0.25, 0.3) is 5.91 Å². The highest BCUT2D eigenvalue weighted by molar-refractivity contribution is 6.01. The molecular weight excluding hydrogens is 286 g/mol. The van der Waals surface area contributed by atoms with Gasteiger partial charge in [0.1, 0.15) is 5.58 Å². The number of aliphatic carboxylic acids is 1. The number of benzene rings is 1. The second-order valence-corrected chi connectivity index (χ2v) is 5.65. The third-order valence-corrected chi connectivity index (χ3v) is 4.15. The number of carboxylic acid groups (broad SMARTS) is 1. The summed E-state index contributed by atoms with van der Waals surface area (Å²) in [6, 6.07) is 5.67. The van der Waals surface area contributed by atoms with Crippen LogP contribution in [0.3, 0.4) is 0 Å². The van der Waals surface area contributed by atoms with Crippen molar-refractivity contribution in [3.63, 3.8) is 0 Å². The van der Waals surface area contributed by atoms with Gasteiger partial charge in [0.15, 0.2) is 11.3 Å². The van der Waals surface area contributed by atoms with E-state index in [-0.39, 0.29) is 18.8 Å². The maximum atomic E-state index is 12.5. The Morgan fingerprint density at radius 3 is 2.68 bits per heavy atom. The second-order valence-electron chi connectivity index (χ2n) is 5.65. The van der Waals surface area contributed by atoms with E-state index in [9.17, 15) is 14.7 Å². The van der Waals surface area contributed by atoms with Crippen LogP contribution in [0.2, 0.25) is 0 Å². The van der Waals surface area contributed by atoms with Crippen molar-refractivity contribution in [3.05, 3.63) is 35.1 Å². The van der Waals surface area contributed by atoms with Gasteiger partial charge in [-0.05, 0) is 19.4 Å². The average molecular weight is 303 g/mol. The number of furan rings is 1. The zero-order valence-electron chi connectivity index (χ0n) is 12.4. The molecule has 1 fully saturated rings. The quantitative estimate of drug-likeness (QED) is 0.905. The van der Waals surface area contributed by atoms with Crippen LogP contribution in [0.5, 0.6) is 0 Å². The van der Waals surface area contributed by atoms with E-state index in [0.29, 0.717) is 17.8 Å². The van der Waals surface area contributed by atoms with E-state index in [1.54, 1.807) is 6.92 Å². The molecule has 1 aromatic carbocycles. The van der Waals surface area contributed by atoms with Gasteiger partial charge in [-0.1, -0.05) is 18.2 Å². The fraction of sp³-hybridized carbons (Fsp3) is 0.375. The molecule has 3 rings (SSSR count). The van der Waals surface area contributed by atoms with Crippen molar-refractivity contribution >= 4 is 22.8 Å². The molecule has 1 unspecified atom stereocenters. The van der Waals surface area contributed by atoms with Gasteiger partial charge in [-0.3, -0.25) is 4.79 Å². The molecule has 6 nitrogen and oxygen atoms in total. The van der Waals surface area contributed by atoms with Crippen LogP contribution in [0.1, 0.15) is 28.1 Å². The number of carbonyl (C=O) groups is 2. The fourth-order valence-corrected chi connectivity index (χ4v) is 2.76. The third kappa shape index (κ3) is 2.16. The number of hydrogen-bond donors (Lipinski definition) is 2. The number of carboxylic acids is 1. The number of rotatable bonds is 3. The minimum atomic E-state index is -1.38. The van der Waals surface area contributed by atoms with Crippen molar-refractivity contribution in [1.82, 2.24) is 5.32 Å². The van der Waals surface area contributed by atoms with E-state index in [0.717, 1.165) is 10.9 Å². The largest absolute Gasteiger partial charge is 0.479 e. The number of hydrogen-bond acceptors (Lipinski definition) is 4. The lowest BCUT2D eigenvalue weighted by atomic mass is 9.98. The number of para-hydroxylation sites is 1. The minimum Gasteiger partial charge on any atom is -0.479 e. The Kier molecular flexibility index (Phi) is 3.41. The molecule has 1 saturated heterocycles. The third-order valence-electron chi connectivity index (χ3n) is 4.15. The first-order valence-corrected chi connectivity index (χ1v) is 7.07. The molecule has 1 amide bonds. The van der Waals surface area contributed by atoms with E-state index in [1.807, 2.05) is 25.1 Å². The molecular formula is C16H17NO5. The predicted molar refractivity (Wildman–Crippen MR) is 79.0 cm³/mol. The summed E-state index contributed by atoms with van der Waals surface area (Å²) >= 11 is 0. The van der Waals surface area contributed by atoms with Gasteiger partial charge in [-0.25, -0.2) is 4.79 Å². The molecule has 116 valence electrons. The molecule has 1 aromatic heterocycles. The molecule has 2 aromatic rings. The zero-order chi connectivity index (χ0) is 15.9. The predicted octanol–water partition coefficient (Wildman–Crippen LogP) is 2.02. The van der Waals surface area contributed by atoms with Crippen LogP contribution in [0.4, 0.5) is 0 Å². The maximum Gasteiger partial charge on any atom is 0.331 e. The summed E-state index contributed by atoms with van der Waals surface area (Å²) in [5.41, 5.74) is 0.905. The number of nitrogens with one attached hydrogen (secondary N) is 1. The molecule has 0 radical (unpaired) electrons. The van der Waals surface area contributed by atoms with Gasteiger partial charge in [0, 0.05) is 24.0 Å². The Hall–Kier alpha value is -2.34. The van der Waals surface area contributed by atoms with Crippen molar-refractivity contribution in [3.8, 4) is 0 Å². The molecule has 0 bridgehead atoms. The second kappa shape index (κ2) is 5.14. The van der Waals surface area contributed by atoms with Crippen LogP contribution in [0.15, 0.2) is 22.6 Å². The van der Waals surface area contributed by atoms with Crippen LogP contribution in [-0.2, 0) is 9.53 Å². The van der Waals surface area contributed by atoms with Crippen molar-refractivity contribution in [2.24, 2.45) is 0 Å². The standard InChI is InChI=1S/C16H17NO5/c1-9-4-3-5-11-10(2)13(22-12(9)11)14(18)17-16(15(19)20)6-7-21-8-16/h3-5H,6-8H2,1-2H3,(H,17,18)(H,19,20). The molecule has 0 spiro atoms. The van der Waals surface area contributed by atoms with Crippen LogP contribution in [0.25, 0.3) is 11.0 Å². The Morgan fingerprint density at radius 2 is 2.09 bits per heavy atom. The molecule has 1 atom stereocenters. The summed E-state index contributed by atoms with van der Waals surface area (Å²) in [4.78, 5) is 24.0. The Morgan fingerprint density at radius 1 is 1.32 bits per heavy atom. The van der Waals surface area contributed by atoms with E-state index >= 15 is 0 Å². The highest BCUT2D eigenvalue weighted by atomic mass is 16.5. The van der Waals surface area contributed by atoms with Crippen molar-refractivity contribution in [1.29, 1.82) is 0 Å². The van der Waals surface area contributed by atoms with Gasteiger partial charge >= 0.3 is 5.97 Å². The van der Waals surface area contributed by atoms with Gasteiger partial charge in [-0.2, -0.15) is 0 Å². The summed E-state index contributed by atoms with van der Waals surface area (Å²) < 4.78 is 10.8. The van der Waals surface area contributed by atoms with Crippen LogP contribution < -0.4 is 5.32 Å². The van der Waals surface area contributed by atoms with Gasteiger partial charge < -0.3 is 19.6 Å². The number of fused-ring (bicyclic) bond motifs is 1. The smallest absolute Gasteiger partial charge is 0.331 e. The lowest BCUT2D eigenvalue weighted by molar-refractivity contribution is -0.144. The molecule has 22 heavy (non-hydrogen) atoms. The summed E-state index contributed by atoms with van der Waals surface area (Å²) in [6.45, 7) is 3.96. The van der Waals surface area contributed by atoms with Crippen LogP contribution in [0, 0.1) is 13.8 Å².